The van der Waals surface area contributed by atoms with Gasteiger partial charge in [0, 0.05) is 40.3 Å². The number of aromatic nitrogens is 1. The standard InChI is InChI=1S/C18H26N4O5S/c1-20(2)17(23)15-6-4-10-22(15)11-5-9-19-28(25,26)13-7-8-14-16(12-13)27-18(24)21(14)3/h7-8,12,15,19H,4-6,9-11H2,1-3H3. The number of likely N-dealkylation sites (tertiary alicyclic amines) is 1. The Bertz CT molecular complexity index is 1020. The predicted octanol–water partition coefficient (Wildman–Crippen LogP) is 0.353. The molecule has 0 aliphatic carbocycles. The number of nitrogens with one attached hydrogen (secondary N) is 1. The van der Waals surface area contributed by atoms with Gasteiger partial charge in [-0.2, -0.15) is 0 Å². The lowest BCUT2D eigenvalue weighted by molar-refractivity contribution is -0.133. The number of likely N-dealkylation sites (N-methyl/N-ethyl adjacent to an activating group) is 1. The molecule has 1 atom stereocenters. The lowest BCUT2D eigenvalue weighted by Gasteiger charge is -2.26. The molecule has 2 aromatic rings. The van der Waals surface area contributed by atoms with Crippen LogP contribution in [0.2, 0.25) is 0 Å². The summed E-state index contributed by atoms with van der Waals surface area (Å²) in [6, 6.07) is 4.24. The number of hydrogen-bond acceptors (Lipinski definition) is 6. The molecule has 9 nitrogen and oxygen atoms in total. The Morgan fingerprint density at radius 2 is 2.11 bits per heavy atom. The average Bonchev–Trinajstić information content (AvgIpc) is 3.22. The predicted molar refractivity (Wildman–Crippen MR) is 105 cm³/mol. The molecule has 0 spiro atoms. The first-order chi connectivity index (χ1) is 13.2. The van der Waals surface area contributed by atoms with Gasteiger partial charge in [-0.25, -0.2) is 17.9 Å². The van der Waals surface area contributed by atoms with Crippen LogP contribution in [-0.2, 0) is 21.9 Å². The first-order valence-corrected chi connectivity index (χ1v) is 10.7. The van der Waals surface area contributed by atoms with Gasteiger partial charge in [-0.05, 0) is 37.9 Å². The molecule has 0 bridgehead atoms. The second-order valence-corrected chi connectivity index (χ2v) is 9.00. The van der Waals surface area contributed by atoms with Crippen LogP contribution in [0.4, 0.5) is 0 Å². The number of aryl methyl sites for hydroxylation is 1. The Labute approximate surface area is 163 Å². The molecule has 1 fully saturated rings. The van der Waals surface area contributed by atoms with Crippen LogP contribution in [0.25, 0.3) is 11.1 Å². The molecule has 1 saturated heterocycles. The Morgan fingerprint density at radius 3 is 2.82 bits per heavy atom. The van der Waals surface area contributed by atoms with Crippen molar-refractivity contribution in [1.82, 2.24) is 19.1 Å². The van der Waals surface area contributed by atoms with E-state index in [-0.39, 0.29) is 29.0 Å². The molecule has 1 N–H and O–H groups in total. The number of carbonyl (C=O) groups excluding carboxylic acids is 1. The molecule has 1 aromatic carbocycles. The summed E-state index contributed by atoms with van der Waals surface area (Å²) in [5.74, 6) is -0.444. The minimum atomic E-state index is -3.71. The first-order valence-electron chi connectivity index (χ1n) is 9.25. The van der Waals surface area contributed by atoms with Gasteiger partial charge in [0.05, 0.1) is 16.5 Å². The molecule has 1 aliphatic rings. The van der Waals surface area contributed by atoms with Crippen molar-refractivity contribution in [2.45, 2.75) is 30.2 Å². The lowest BCUT2D eigenvalue weighted by atomic mass is 10.2. The summed E-state index contributed by atoms with van der Waals surface area (Å²) >= 11 is 0. The number of sulfonamides is 1. The second kappa shape index (κ2) is 8.06. The zero-order chi connectivity index (χ0) is 20.5. The molecular formula is C18H26N4O5S. The van der Waals surface area contributed by atoms with E-state index in [0.29, 0.717) is 18.5 Å². The van der Waals surface area contributed by atoms with Gasteiger partial charge in [-0.15, -0.1) is 0 Å². The number of benzene rings is 1. The van der Waals surface area contributed by atoms with E-state index < -0.39 is 15.8 Å². The third-order valence-electron chi connectivity index (χ3n) is 5.08. The van der Waals surface area contributed by atoms with E-state index >= 15 is 0 Å². The quantitative estimate of drug-likeness (QED) is 0.661. The van der Waals surface area contributed by atoms with Crippen molar-refractivity contribution in [1.29, 1.82) is 0 Å². The van der Waals surface area contributed by atoms with Crippen LogP contribution in [-0.4, -0.2) is 68.5 Å². The molecule has 0 radical (unpaired) electrons. The Morgan fingerprint density at radius 1 is 1.36 bits per heavy atom. The van der Waals surface area contributed by atoms with Crippen LogP contribution in [0.5, 0.6) is 0 Å². The van der Waals surface area contributed by atoms with Crippen molar-refractivity contribution in [3.63, 3.8) is 0 Å². The van der Waals surface area contributed by atoms with Gasteiger partial charge in [0.2, 0.25) is 15.9 Å². The molecule has 154 valence electrons. The summed E-state index contributed by atoms with van der Waals surface area (Å²) in [7, 11) is 1.35. The van der Waals surface area contributed by atoms with Crippen molar-refractivity contribution in [3.8, 4) is 0 Å². The third-order valence-corrected chi connectivity index (χ3v) is 6.54. The van der Waals surface area contributed by atoms with E-state index in [9.17, 15) is 18.0 Å². The SMILES string of the molecule is CN(C)C(=O)C1CCCN1CCCNS(=O)(=O)c1ccc2c(c1)oc(=O)n2C. The highest BCUT2D eigenvalue weighted by molar-refractivity contribution is 7.89. The number of carbonyl (C=O) groups is 1. The van der Waals surface area contributed by atoms with E-state index in [1.165, 1.54) is 16.7 Å². The molecule has 1 amide bonds. The molecule has 10 heteroatoms. The van der Waals surface area contributed by atoms with Gasteiger partial charge >= 0.3 is 5.76 Å². The molecular weight excluding hydrogens is 384 g/mol. The molecule has 1 aromatic heterocycles. The van der Waals surface area contributed by atoms with E-state index in [0.717, 1.165) is 19.4 Å². The van der Waals surface area contributed by atoms with E-state index in [2.05, 4.69) is 9.62 Å². The van der Waals surface area contributed by atoms with Crippen molar-refractivity contribution < 1.29 is 17.6 Å². The van der Waals surface area contributed by atoms with Gasteiger partial charge in [0.25, 0.3) is 0 Å². The highest BCUT2D eigenvalue weighted by Crippen LogP contribution is 2.20. The van der Waals surface area contributed by atoms with Crippen LogP contribution in [0.1, 0.15) is 19.3 Å². The Hall–Kier alpha value is -2.17. The summed E-state index contributed by atoms with van der Waals surface area (Å²) < 4.78 is 34.0. The van der Waals surface area contributed by atoms with Crippen LogP contribution in [0.3, 0.4) is 0 Å². The smallest absolute Gasteiger partial charge is 0.408 e. The van der Waals surface area contributed by atoms with E-state index in [1.807, 2.05) is 0 Å². The van der Waals surface area contributed by atoms with Crippen molar-refractivity contribution in [3.05, 3.63) is 28.7 Å². The fourth-order valence-corrected chi connectivity index (χ4v) is 4.61. The molecule has 0 saturated carbocycles. The van der Waals surface area contributed by atoms with Crippen LogP contribution >= 0.6 is 0 Å². The molecule has 2 heterocycles. The van der Waals surface area contributed by atoms with E-state index in [4.69, 9.17) is 4.42 Å². The molecule has 1 aliphatic heterocycles. The Balaban J connectivity index is 1.58. The largest absolute Gasteiger partial charge is 0.419 e. The molecule has 3 rings (SSSR count). The maximum Gasteiger partial charge on any atom is 0.419 e. The number of nitrogens with zero attached hydrogens (tertiary/aromatic N) is 3. The van der Waals surface area contributed by atoms with Crippen molar-refractivity contribution >= 4 is 27.0 Å². The molecule has 1 unspecified atom stereocenters. The summed E-state index contributed by atoms with van der Waals surface area (Å²) in [5, 5.41) is 0. The normalized spacial score (nSPS) is 18.0. The van der Waals surface area contributed by atoms with Gasteiger partial charge in [0.15, 0.2) is 5.58 Å². The number of hydrogen-bond donors (Lipinski definition) is 1. The summed E-state index contributed by atoms with van der Waals surface area (Å²) in [4.78, 5) is 27.5. The lowest BCUT2D eigenvalue weighted by Crippen LogP contribution is -2.43. The monoisotopic (exact) mass is 410 g/mol. The van der Waals surface area contributed by atoms with Gasteiger partial charge in [-0.1, -0.05) is 0 Å². The average molecular weight is 410 g/mol. The van der Waals surface area contributed by atoms with E-state index in [1.54, 1.807) is 32.1 Å². The third kappa shape index (κ3) is 4.13. The summed E-state index contributed by atoms with van der Waals surface area (Å²) in [5.41, 5.74) is 0.770. The zero-order valence-corrected chi connectivity index (χ0v) is 17.2. The zero-order valence-electron chi connectivity index (χ0n) is 16.3. The second-order valence-electron chi connectivity index (χ2n) is 7.23. The number of oxazole rings is 1. The first kappa shape index (κ1) is 20.6. The fourth-order valence-electron chi connectivity index (χ4n) is 3.52. The molecule has 28 heavy (non-hydrogen) atoms. The maximum atomic E-state index is 12.5. The topological polar surface area (TPSA) is 105 Å². The maximum absolute atomic E-state index is 12.5. The summed E-state index contributed by atoms with van der Waals surface area (Å²) in [6.45, 7) is 1.76. The number of fused-ring (bicyclic) bond motifs is 1. The van der Waals surface area contributed by atoms with Gasteiger partial charge in [0.1, 0.15) is 0 Å². The Kier molecular flexibility index (Phi) is 5.92. The fraction of sp³-hybridized carbons (Fsp3) is 0.556. The van der Waals surface area contributed by atoms with Crippen molar-refractivity contribution in [2.75, 3.05) is 33.7 Å². The van der Waals surface area contributed by atoms with Gasteiger partial charge < -0.3 is 9.32 Å². The van der Waals surface area contributed by atoms with Crippen LogP contribution in [0.15, 0.2) is 32.3 Å². The number of amides is 1. The highest BCUT2D eigenvalue weighted by Gasteiger charge is 2.31. The highest BCUT2D eigenvalue weighted by atomic mass is 32.2. The number of rotatable bonds is 7. The van der Waals surface area contributed by atoms with Crippen LogP contribution in [0, 0.1) is 0 Å². The minimum absolute atomic E-state index is 0.0520. The van der Waals surface area contributed by atoms with Crippen LogP contribution < -0.4 is 10.5 Å². The summed E-state index contributed by atoms with van der Waals surface area (Å²) in [6.07, 6.45) is 2.41. The van der Waals surface area contributed by atoms with Crippen molar-refractivity contribution in [2.24, 2.45) is 7.05 Å². The minimum Gasteiger partial charge on any atom is -0.408 e. The van der Waals surface area contributed by atoms with Gasteiger partial charge in [-0.3, -0.25) is 14.3 Å².